The summed E-state index contributed by atoms with van der Waals surface area (Å²) in [5, 5.41) is 5.40. The summed E-state index contributed by atoms with van der Waals surface area (Å²) in [5.74, 6) is 0. The Morgan fingerprint density at radius 2 is 0.921 bits per heavy atom. The molecule has 8 aromatic rings. The molecule has 0 saturated heterocycles. The minimum Gasteiger partial charge on any atom is -0.309 e. The topological polar surface area (TPSA) is 9.86 Å². The van der Waals surface area contributed by atoms with Crippen molar-refractivity contribution in [1.29, 1.82) is 0 Å². The SMILES string of the molecule is Cc1cc2c3cc(C(C)(C)C)ccc3n(-c3ccc(C(C)(C)C)cc3)c2cc1C1(c2cccc(-n3c4ccc(C(C)(C)C)cc4c4cc(C(C)(C)C)cc(C)c43)c2C)CCCCC1. The predicted molar refractivity (Wildman–Crippen MR) is 274 cm³/mol. The average molecular weight is 833 g/mol. The summed E-state index contributed by atoms with van der Waals surface area (Å²) in [7, 11) is 0. The molecule has 9 rings (SSSR count). The third-order valence-electron chi connectivity index (χ3n) is 15.0. The fraction of sp³-hybridized carbons (Fsp3) is 0.410. The zero-order chi connectivity index (χ0) is 45.2. The zero-order valence-electron chi connectivity index (χ0n) is 41.2. The fourth-order valence-corrected chi connectivity index (χ4v) is 11.3. The Kier molecular flexibility index (Phi) is 10.1. The molecule has 0 unspecified atom stereocenters. The van der Waals surface area contributed by atoms with Crippen molar-refractivity contribution in [1.82, 2.24) is 9.13 Å². The maximum atomic E-state index is 2.63. The van der Waals surface area contributed by atoms with Crippen LogP contribution in [0.3, 0.4) is 0 Å². The molecular formula is C61H72N2. The van der Waals surface area contributed by atoms with E-state index in [4.69, 9.17) is 0 Å². The van der Waals surface area contributed by atoms with Crippen molar-refractivity contribution in [2.75, 3.05) is 0 Å². The van der Waals surface area contributed by atoms with Crippen molar-refractivity contribution in [2.45, 2.75) is 163 Å². The standard InChI is InChI=1S/C61H72N2/c1-38-33-46-47-34-42(58(7,8)9)24-28-53(47)62(45-26-22-41(23-27-45)57(4,5)6)55(46)37-51(38)61(30-17-16-18-31-61)50-20-19-21-52(40(50)3)63-54-29-25-43(59(10,11)12)35-48(54)49-36-44(60(13,14)15)32-39(2)56(49)63/h19-29,32-37H,16-18,30-31H2,1-15H3. The van der Waals surface area contributed by atoms with Crippen LogP contribution in [0.25, 0.3) is 55.0 Å². The first-order chi connectivity index (χ1) is 29.5. The van der Waals surface area contributed by atoms with Gasteiger partial charge in [-0.25, -0.2) is 0 Å². The monoisotopic (exact) mass is 833 g/mol. The number of aryl methyl sites for hydroxylation is 2. The molecule has 2 aromatic heterocycles. The zero-order valence-corrected chi connectivity index (χ0v) is 41.2. The molecule has 0 aliphatic heterocycles. The molecule has 1 aliphatic rings. The number of nitrogens with zero attached hydrogens (tertiary/aromatic N) is 2. The van der Waals surface area contributed by atoms with Gasteiger partial charge in [-0.05, 0) is 166 Å². The lowest BCUT2D eigenvalue weighted by molar-refractivity contribution is 0.343. The van der Waals surface area contributed by atoms with Crippen LogP contribution in [0.2, 0.25) is 0 Å². The van der Waals surface area contributed by atoms with Gasteiger partial charge >= 0.3 is 0 Å². The molecule has 1 saturated carbocycles. The summed E-state index contributed by atoms with van der Waals surface area (Å²) in [6.45, 7) is 35.1. The highest BCUT2D eigenvalue weighted by atomic mass is 15.0. The first-order valence-corrected chi connectivity index (χ1v) is 23.9. The van der Waals surface area contributed by atoms with Gasteiger partial charge in [-0.15, -0.1) is 0 Å². The molecule has 2 nitrogen and oxygen atoms in total. The molecule has 6 aromatic carbocycles. The number of fused-ring (bicyclic) bond motifs is 6. The van der Waals surface area contributed by atoms with Crippen LogP contribution in [0.4, 0.5) is 0 Å². The van der Waals surface area contributed by atoms with Crippen molar-refractivity contribution in [3.63, 3.8) is 0 Å². The van der Waals surface area contributed by atoms with Gasteiger partial charge in [-0.2, -0.15) is 0 Å². The van der Waals surface area contributed by atoms with Crippen molar-refractivity contribution < 1.29 is 0 Å². The van der Waals surface area contributed by atoms with Crippen molar-refractivity contribution in [3.05, 3.63) is 153 Å². The van der Waals surface area contributed by atoms with E-state index < -0.39 is 0 Å². The van der Waals surface area contributed by atoms with Gasteiger partial charge in [0.1, 0.15) is 0 Å². The predicted octanol–water partition coefficient (Wildman–Crippen LogP) is 17.2. The second-order valence-corrected chi connectivity index (χ2v) is 23.6. The summed E-state index contributed by atoms with van der Waals surface area (Å²) in [5.41, 5.74) is 20.5. The van der Waals surface area contributed by atoms with Crippen LogP contribution in [0.15, 0.2) is 103 Å². The number of rotatable bonds is 4. The minimum absolute atomic E-state index is 0.0492. The van der Waals surface area contributed by atoms with Crippen LogP contribution in [-0.2, 0) is 27.1 Å². The van der Waals surface area contributed by atoms with Crippen LogP contribution in [0, 0.1) is 20.8 Å². The number of benzene rings is 6. The Bertz CT molecular complexity index is 3070. The van der Waals surface area contributed by atoms with E-state index in [0.717, 1.165) is 12.8 Å². The molecule has 0 spiro atoms. The van der Waals surface area contributed by atoms with E-state index >= 15 is 0 Å². The third-order valence-corrected chi connectivity index (χ3v) is 15.0. The van der Waals surface area contributed by atoms with Crippen molar-refractivity contribution in [3.8, 4) is 11.4 Å². The van der Waals surface area contributed by atoms with Gasteiger partial charge in [-0.3, -0.25) is 0 Å². The van der Waals surface area contributed by atoms with E-state index in [1.165, 1.54) is 124 Å². The summed E-state index contributed by atoms with van der Waals surface area (Å²) in [4.78, 5) is 0. The lowest BCUT2D eigenvalue weighted by Gasteiger charge is -2.41. The highest BCUT2D eigenvalue weighted by Gasteiger charge is 2.39. The quantitative estimate of drug-likeness (QED) is 0.167. The third kappa shape index (κ3) is 7.15. The van der Waals surface area contributed by atoms with Crippen LogP contribution < -0.4 is 0 Å². The highest BCUT2D eigenvalue weighted by molar-refractivity contribution is 6.12. The Labute approximate surface area is 378 Å². The summed E-state index contributed by atoms with van der Waals surface area (Å²) in [6, 6.07) is 41.2. The second-order valence-electron chi connectivity index (χ2n) is 23.6. The molecule has 0 radical (unpaired) electrons. The maximum absolute atomic E-state index is 2.63. The smallest absolute Gasteiger partial charge is 0.0570 e. The summed E-state index contributed by atoms with van der Waals surface area (Å²) < 4.78 is 5.18. The fourth-order valence-electron chi connectivity index (χ4n) is 11.3. The van der Waals surface area contributed by atoms with Gasteiger partial charge in [0.05, 0.1) is 22.1 Å². The maximum Gasteiger partial charge on any atom is 0.0570 e. The highest BCUT2D eigenvalue weighted by Crippen LogP contribution is 2.50. The number of aromatic nitrogens is 2. The van der Waals surface area contributed by atoms with Gasteiger partial charge in [0.2, 0.25) is 0 Å². The van der Waals surface area contributed by atoms with Gasteiger partial charge in [0.25, 0.3) is 0 Å². The normalized spacial score (nSPS) is 15.3. The molecule has 0 N–H and O–H groups in total. The van der Waals surface area contributed by atoms with Crippen LogP contribution in [0.5, 0.6) is 0 Å². The van der Waals surface area contributed by atoms with Gasteiger partial charge < -0.3 is 9.13 Å². The Morgan fingerprint density at radius 1 is 0.413 bits per heavy atom. The van der Waals surface area contributed by atoms with E-state index in [2.05, 4.69) is 216 Å². The Morgan fingerprint density at radius 3 is 1.49 bits per heavy atom. The number of hydrogen-bond donors (Lipinski definition) is 0. The molecule has 1 fully saturated rings. The van der Waals surface area contributed by atoms with E-state index in [0.29, 0.717) is 0 Å². The van der Waals surface area contributed by atoms with Crippen molar-refractivity contribution in [2.24, 2.45) is 0 Å². The first kappa shape index (κ1) is 43.2. The lowest BCUT2D eigenvalue weighted by Crippen LogP contribution is -2.32. The number of hydrogen-bond acceptors (Lipinski definition) is 0. The van der Waals surface area contributed by atoms with Gasteiger partial charge in [-0.1, -0.05) is 145 Å². The first-order valence-electron chi connectivity index (χ1n) is 23.9. The summed E-state index contributed by atoms with van der Waals surface area (Å²) >= 11 is 0. The average Bonchev–Trinajstić information content (AvgIpc) is 3.71. The molecule has 0 amide bonds. The van der Waals surface area contributed by atoms with Gasteiger partial charge in [0, 0.05) is 38.3 Å². The van der Waals surface area contributed by atoms with E-state index in [1.54, 1.807) is 0 Å². The molecule has 0 atom stereocenters. The molecule has 63 heavy (non-hydrogen) atoms. The van der Waals surface area contributed by atoms with E-state index in [1.807, 2.05) is 0 Å². The molecular weight excluding hydrogens is 761 g/mol. The largest absolute Gasteiger partial charge is 0.309 e. The minimum atomic E-state index is -0.114. The van der Waals surface area contributed by atoms with Crippen LogP contribution >= 0.6 is 0 Å². The Hall–Kier alpha value is -5.08. The van der Waals surface area contributed by atoms with E-state index in [9.17, 15) is 0 Å². The van der Waals surface area contributed by atoms with Crippen LogP contribution in [0.1, 0.15) is 165 Å². The Balaban J connectivity index is 1.31. The molecule has 2 heterocycles. The molecule has 0 bridgehead atoms. The van der Waals surface area contributed by atoms with Gasteiger partial charge in [0.15, 0.2) is 0 Å². The molecule has 326 valence electrons. The summed E-state index contributed by atoms with van der Waals surface area (Å²) in [6.07, 6.45) is 6.04. The molecule has 1 aliphatic carbocycles. The lowest BCUT2D eigenvalue weighted by atomic mass is 9.63. The van der Waals surface area contributed by atoms with Crippen LogP contribution in [-0.4, -0.2) is 9.13 Å². The van der Waals surface area contributed by atoms with E-state index in [-0.39, 0.29) is 27.1 Å². The molecule has 2 heteroatoms. The second kappa shape index (κ2) is 14.7. The van der Waals surface area contributed by atoms with Crippen molar-refractivity contribution >= 4 is 43.6 Å².